The second kappa shape index (κ2) is 6.13. The van der Waals surface area contributed by atoms with E-state index in [0.29, 0.717) is 18.8 Å². The van der Waals surface area contributed by atoms with Gasteiger partial charge in [-0.15, -0.1) is 11.3 Å². The van der Waals surface area contributed by atoms with E-state index in [-0.39, 0.29) is 11.3 Å². The molecule has 1 saturated heterocycles. The van der Waals surface area contributed by atoms with Gasteiger partial charge in [0, 0.05) is 24.4 Å². The molecule has 0 spiro atoms. The van der Waals surface area contributed by atoms with E-state index in [9.17, 15) is 4.79 Å². The summed E-state index contributed by atoms with van der Waals surface area (Å²) in [6, 6.07) is 0. The normalized spacial score (nSPS) is 18.0. The van der Waals surface area contributed by atoms with Crippen LogP contribution in [0.5, 0.6) is 0 Å². The van der Waals surface area contributed by atoms with E-state index in [1.165, 1.54) is 11.3 Å². The summed E-state index contributed by atoms with van der Waals surface area (Å²) in [7, 11) is 1.72. The Morgan fingerprint density at radius 2 is 2.38 bits per heavy atom. The number of rotatable bonds is 5. The van der Waals surface area contributed by atoms with Crippen molar-refractivity contribution in [3.05, 3.63) is 23.6 Å². The van der Waals surface area contributed by atoms with Crippen LogP contribution in [0.25, 0.3) is 4.83 Å². The Morgan fingerprint density at radius 1 is 1.57 bits per heavy atom. The predicted molar refractivity (Wildman–Crippen MR) is 81.8 cm³/mol. The lowest BCUT2D eigenvalue weighted by Gasteiger charge is -2.37. The van der Waals surface area contributed by atoms with Crippen LogP contribution in [0.2, 0.25) is 0 Å². The largest absolute Gasteiger partial charge is 0.384 e. The van der Waals surface area contributed by atoms with E-state index in [1.54, 1.807) is 19.6 Å². The fraction of sp³-hybridized carbons (Fsp3) is 0.571. The van der Waals surface area contributed by atoms with E-state index in [1.807, 2.05) is 9.78 Å². The van der Waals surface area contributed by atoms with Crippen molar-refractivity contribution >= 4 is 22.1 Å². The maximum Gasteiger partial charge on any atom is 0.269 e. The van der Waals surface area contributed by atoms with Crippen molar-refractivity contribution in [2.75, 3.05) is 33.4 Å². The molecule has 0 saturated carbocycles. The standard InChI is InChI=1S/C14H20N4O2S/c1-20-9-14(2-4-15-5-3-14)8-17-13(19)11-7-21-12-6-16-10-18(11)12/h6-7,10,15H,2-5,8-9H2,1H3,(H,17,19). The molecule has 3 heterocycles. The van der Waals surface area contributed by atoms with Crippen molar-refractivity contribution in [2.45, 2.75) is 12.8 Å². The molecule has 2 aromatic heterocycles. The number of piperidine rings is 1. The van der Waals surface area contributed by atoms with Gasteiger partial charge in [0.2, 0.25) is 0 Å². The van der Waals surface area contributed by atoms with Gasteiger partial charge < -0.3 is 15.4 Å². The number of amides is 1. The van der Waals surface area contributed by atoms with Crippen LogP contribution >= 0.6 is 11.3 Å². The van der Waals surface area contributed by atoms with Gasteiger partial charge in [0.05, 0.1) is 12.8 Å². The van der Waals surface area contributed by atoms with E-state index >= 15 is 0 Å². The van der Waals surface area contributed by atoms with Gasteiger partial charge in [-0.05, 0) is 25.9 Å². The first-order valence-corrected chi connectivity index (χ1v) is 7.99. The maximum atomic E-state index is 12.4. The highest BCUT2D eigenvalue weighted by Crippen LogP contribution is 2.28. The molecular formula is C14H20N4O2S. The average molecular weight is 308 g/mol. The quantitative estimate of drug-likeness (QED) is 0.869. The van der Waals surface area contributed by atoms with Gasteiger partial charge in [-0.2, -0.15) is 0 Å². The maximum absolute atomic E-state index is 12.4. The zero-order valence-electron chi connectivity index (χ0n) is 12.1. The second-order valence-corrected chi connectivity index (χ2v) is 6.48. The molecule has 1 amide bonds. The summed E-state index contributed by atoms with van der Waals surface area (Å²) in [4.78, 5) is 17.4. The van der Waals surface area contributed by atoms with E-state index < -0.39 is 0 Å². The fourth-order valence-corrected chi connectivity index (χ4v) is 3.71. The molecule has 0 bridgehead atoms. The molecule has 3 rings (SSSR count). The molecule has 1 aliphatic rings. The Hall–Kier alpha value is -1.44. The highest BCUT2D eigenvalue weighted by atomic mass is 32.1. The third-order valence-electron chi connectivity index (χ3n) is 4.13. The minimum absolute atomic E-state index is 0.0414. The van der Waals surface area contributed by atoms with Crippen LogP contribution in [0, 0.1) is 5.41 Å². The average Bonchev–Trinajstić information content (AvgIpc) is 3.09. The zero-order chi connectivity index (χ0) is 14.7. The minimum atomic E-state index is -0.0479. The first-order valence-electron chi connectivity index (χ1n) is 7.11. The van der Waals surface area contributed by atoms with Crippen LogP contribution in [-0.2, 0) is 4.74 Å². The van der Waals surface area contributed by atoms with Crippen molar-refractivity contribution < 1.29 is 9.53 Å². The second-order valence-electron chi connectivity index (χ2n) is 5.59. The number of nitrogens with one attached hydrogen (secondary N) is 2. The van der Waals surface area contributed by atoms with Crippen molar-refractivity contribution in [2.24, 2.45) is 5.41 Å². The molecule has 0 aliphatic carbocycles. The minimum Gasteiger partial charge on any atom is -0.384 e. The highest BCUT2D eigenvalue weighted by molar-refractivity contribution is 7.15. The number of carbonyl (C=O) groups excluding carboxylic acids is 1. The van der Waals surface area contributed by atoms with Crippen LogP contribution in [-0.4, -0.2) is 48.6 Å². The summed E-state index contributed by atoms with van der Waals surface area (Å²) in [5, 5.41) is 8.30. The van der Waals surface area contributed by atoms with Gasteiger partial charge in [0.1, 0.15) is 16.9 Å². The van der Waals surface area contributed by atoms with Gasteiger partial charge in [-0.3, -0.25) is 9.20 Å². The number of methoxy groups -OCH3 is 1. The lowest BCUT2D eigenvalue weighted by atomic mass is 9.79. The molecule has 21 heavy (non-hydrogen) atoms. The number of ether oxygens (including phenoxy) is 1. The number of aromatic nitrogens is 2. The molecule has 7 heteroatoms. The fourth-order valence-electron chi connectivity index (χ4n) is 2.88. The highest BCUT2D eigenvalue weighted by Gasteiger charge is 2.32. The Morgan fingerprint density at radius 3 is 3.14 bits per heavy atom. The third kappa shape index (κ3) is 2.95. The summed E-state index contributed by atoms with van der Waals surface area (Å²) >= 11 is 1.52. The Balaban J connectivity index is 1.68. The molecule has 2 aromatic rings. The molecule has 0 radical (unpaired) electrons. The van der Waals surface area contributed by atoms with E-state index in [0.717, 1.165) is 30.8 Å². The van der Waals surface area contributed by atoms with Gasteiger partial charge in [0.15, 0.2) is 0 Å². The zero-order valence-corrected chi connectivity index (χ0v) is 12.9. The van der Waals surface area contributed by atoms with Gasteiger partial charge in [-0.25, -0.2) is 4.98 Å². The van der Waals surface area contributed by atoms with Gasteiger partial charge in [-0.1, -0.05) is 0 Å². The number of nitrogens with zero attached hydrogens (tertiary/aromatic N) is 2. The number of carbonyl (C=O) groups is 1. The summed E-state index contributed by atoms with van der Waals surface area (Å²) < 4.78 is 7.20. The molecule has 2 N–H and O–H groups in total. The van der Waals surface area contributed by atoms with Crippen LogP contribution in [0.3, 0.4) is 0 Å². The Kier molecular flexibility index (Phi) is 4.23. The summed E-state index contributed by atoms with van der Waals surface area (Å²) in [6.45, 7) is 3.28. The predicted octanol–water partition coefficient (Wildman–Crippen LogP) is 1.14. The lowest BCUT2D eigenvalue weighted by molar-refractivity contribution is 0.0510. The van der Waals surface area contributed by atoms with Crippen LogP contribution in [0.15, 0.2) is 17.9 Å². The molecule has 1 fully saturated rings. The molecule has 0 unspecified atom stereocenters. The van der Waals surface area contributed by atoms with Crippen molar-refractivity contribution in [3.63, 3.8) is 0 Å². The SMILES string of the molecule is COCC1(CNC(=O)c2csc3cncn23)CCNCC1. The number of hydrogen-bond donors (Lipinski definition) is 2. The topological polar surface area (TPSA) is 67.7 Å². The monoisotopic (exact) mass is 308 g/mol. The number of imidazole rings is 1. The number of fused-ring (bicyclic) bond motifs is 1. The molecule has 1 aliphatic heterocycles. The van der Waals surface area contributed by atoms with Crippen molar-refractivity contribution in [3.8, 4) is 0 Å². The molecule has 0 atom stereocenters. The van der Waals surface area contributed by atoms with E-state index in [2.05, 4.69) is 15.6 Å². The Bertz CT molecular complexity index is 610. The molecule has 0 aromatic carbocycles. The molecular weight excluding hydrogens is 288 g/mol. The first kappa shape index (κ1) is 14.5. The number of hydrogen-bond acceptors (Lipinski definition) is 5. The van der Waals surface area contributed by atoms with Crippen molar-refractivity contribution in [1.82, 2.24) is 20.0 Å². The summed E-state index contributed by atoms with van der Waals surface area (Å²) in [5.74, 6) is -0.0479. The van der Waals surface area contributed by atoms with Crippen LogP contribution < -0.4 is 10.6 Å². The van der Waals surface area contributed by atoms with Crippen molar-refractivity contribution in [1.29, 1.82) is 0 Å². The van der Waals surface area contributed by atoms with Crippen LogP contribution in [0.1, 0.15) is 23.3 Å². The first-order chi connectivity index (χ1) is 10.2. The molecule has 114 valence electrons. The van der Waals surface area contributed by atoms with Gasteiger partial charge >= 0.3 is 0 Å². The van der Waals surface area contributed by atoms with E-state index in [4.69, 9.17) is 4.74 Å². The Labute approximate surface area is 127 Å². The summed E-state index contributed by atoms with van der Waals surface area (Å²) in [6.07, 6.45) is 5.48. The number of thiazole rings is 1. The lowest BCUT2D eigenvalue weighted by Crippen LogP contribution is -2.47. The molecule has 6 nitrogen and oxygen atoms in total. The van der Waals surface area contributed by atoms with Gasteiger partial charge in [0.25, 0.3) is 5.91 Å². The van der Waals surface area contributed by atoms with Crippen LogP contribution in [0.4, 0.5) is 0 Å². The smallest absolute Gasteiger partial charge is 0.269 e. The summed E-state index contributed by atoms with van der Waals surface area (Å²) in [5.41, 5.74) is 0.689. The third-order valence-corrected chi connectivity index (χ3v) is 5.01.